The summed E-state index contributed by atoms with van der Waals surface area (Å²) in [5, 5.41) is 44.1. The van der Waals surface area contributed by atoms with Gasteiger partial charge in [0.2, 0.25) is 5.82 Å². The lowest BCUT2D eigenvalue weighted by atomic mass is 10.1. The molecule has 5 N–H and O–H groups in total. The molecule has 0 radical (unpaired) electrons. The summed E-state index contributed by atoms with van der Waals surface area (Å²) in [5.41, 5.74) is -0.354. The fourth-order valence-electron chi connectivity index (χ4n) is 2.22. The second kappa shape index (κ2) is 8.07. The first-order valence-corrected chi connectivity index (χ1v) is 9.38. The number of phenolic OH excluding ortho intramolecular Hbond substituents is 1. The number of carbonyl (C=O) groups is 1. The number of phenols is 1. The molecule has 2 aromatic carbocycles. The van der Waals surface area contributed by atoms with Crippen LogP contribution in [-0.2, 0) is 19.5 Å². The Morgan fingerprint density at radius 3 is 2.62 bits per heavy atom. The van der Waals surface area contributed by atoms with E-state index in [4.69, 9.17) is 10.4 Å². The Balaban J connectivity index is 2.15. The summed E-state index contributed by atoms with van der Waals surface area (Å²) in [7, 11) is -4.84. The molecule has 0 amide bonds. The molecule has 1 aromatic heterocycles. The third-order valence-electron chi connectivity index (χ3n) is 3.38. The molecule has 0 bridgehead atoms. The highest BCUT2D eigenvalue weighted by molar-refractivity contribution is 7.94. The molecule has 3 rings (SSSR count). The molecule has 0 aliphatic rings. The number of aromatic amines is 1. The number of nitrogens with zero attached hydrogens (tertiary/aromatic N) is 4. The molecule has 0 unspecified atom stereocenters. The van der Waals surface area contributed by atoms with E-state index in [1.54, 1.807) is 0 Å². The van der Waals surface area contributed by atoms with Crippen LogP contribution in [0, 0.1) is 0 Å². The third kappa shape index (κ3) is 4.47. The van der Waals surface area contributed by atoms with Crippen molar-refractivity contribution in [3.05, 3.63) is 30.1 Å². The number of H-pyrrole nitrogens is 1. The van der Waals surface area contributed by atoms with Crippen molar-refractivity contribution in [3.63, 3.8) is 0 Å². The Hall–Kier alpha value is -3.15. The molecule has 0 aliphatic carbocycles. The van der Waals surface area contributed by atoms with E-state index >= 15 is 0 Å². The van der Waals surface area contributed by atoms with E-state index in [2.05, 4.69) is 34.8 Å². The average Bonchev–Trinajstić information content (AvgIpc) is 3.13. The molecule has 29 heavy (non-hydrogen) atoms. The number of carboxylic acids is 1. The highest BCUT2D eigenvalue weighted by Gasteiger charge is 2.22. The van der Waals surface area contributed by atoms with Gasteiger partial charge in [-0.1, -0.05) is 11.1 Å². The SMILES string of the molecule is O=C(O)c1nc(N=Nc2c(O)c(S(=O)(=O)O)cc3cc(SOOO)ccc23)n[nH]1. The van der Waals surface area contributed by atoms with Crippen LogP contribution in [0.2, 0.25) is 0 Å². The minimum Gasteiger partial charge on any atom is -0.504 e. The lowest BCUT2D eigenvalue weighted by molar-refractivity contribution is -0.432. The van der Waals surface area contributed by atoms with Gasteiger partial charge in [0, 0.05) is 10.3 Å². The minimum absolute atomic E-state index is 0.192. The number of hydrogen-bond acceptors (Lipinski definition) is 12. The van der Waals surface area contributed by atoms with Crippen molar-refractivity contribution in [3.8, 4) is 5.75 Å². The van der Waals surface area contributed by atoms with Crippen molar-refractivity contribution in [1.29, 1.82) is 0 Å². The van der Waals surface area contributed by atoms with E-state index in [1.165, 1.54) is 18.2 Å². The molecule has 1 heterocycles. The van der Waals surface area contributed by atoms with Crippen LogP contribution < -0.4 is 0 Å². The monoisotopic (exact) mass is 443 g/mol. The topological polar surface area (TPSA) is 217 Å². The largest absolute Gasteiger partial charge is 0.504 e. The van der Waals surface area contributed by atoms with Crippen molar-refractivity contribution in [2.24, 2.45) is 10.2 Å². The normalized spacial score (nSPS) is 12.1. The smallest absolute Gasteiger partial charge is 0.373 e. The summed E-state index contributed by atoms with van der Waals surface area (Å²) >= 11 is 0.594. The number of carboxylic acid groups (broad SMARTS) is 1. The highest BCUT2D eigenvalue weighted by atomic mass is 32.2. The number of benzene rings is 2. The summed E-state index contributed by atoms with van der Waals surface area (Å²) < 4.78 is 36.9. The number of rotatable bonds is 7. The average molecular weight is 443 g/mol. The summed E-state index contributed by atoms with van der Waals surface area (Å²) in [4.78, 5) is 13.8. The summed E-state index contributed by atoms with van der Waals surface area (Å²) in [6.07, 6.45) is 0. The van der Waals surface area contributed by atoms with Gasteiger partial charge < -0.3 is 10.2 Å². The Labute approximate surface area is 164 Å². The Kier molecular flexibility index (Phi) is 5.73. The number of fused-ring (bicyclic) bond motifs is 1. The fourth-order valence-corrected chi connectivity index (χ4v) is 3.25. The molecule has 3 aromatic rings. The van der Waals surface area contributed by atoms with Crippen LogP contribution in [0.4, 0.5) is 11.6 Å². The minimum atomic E-state index is -4.84. The first-order chi connectivity index (χ1) is 13.7. The number of aromatic carboxylic acids is 1. The lowest BCUT2D eigenvalue weighted by Crippen LogP contribution is -1.99. The summed E-state index contributed by atoms with van der Waals surface area (Å²) in [6.45, 7) is 0. The lowest BCUT2D eigenvalue weighted by Gasteiger charge is -2.09. The van der Waals surface area contributed by atoms with Crippen molar-refractivity contribution in [1.82, 2.24) is 15.2 Å². The van der Waals surface area contributed by atoms with Crippen molar-refractivity contribution < 1.29 is 42.6 Å². The molecule has 0 atom stereocenters. The Bertz CT molecular complexity index is 1220. The van der Waals surface area contributed by atoms with Crippen LogP contribution in [0.25, 0.3) is 10.8 Å². The van der Waals surface area contributed by atoms with E-state index in [-0.39, 0.29) is 16.5 Å². The molecule has 14 nitrogen and oxygen atoms in total. The van der Waals surface area contributed by atoms with Gasteiger partial charge in [-0.3, -0.25) is 9.65 Å². The quantitative estimate of drug-likeness (QED) is 0.117. The summed E-state index contributed by atoms with van der Waals surface area (Å²) in [5.74, 6) is -3.19. The third-order valence-corrected chi connectivity index (χ3v) is 4.82. The van der Waals surface area contributed by atoms with Crippen LogP contribution in [-0.4, -0.2) is 49.6 Å². The highest BCUT2D eigenvalue weighted by Crippen LogP contribution is 2.42. The first kappa shape index (κ1) is 20.6. The van der Waals surface area contributed by atoms with E-state index in [0.29, 0.717) is 16.9 Å². The molecule has 0 fully saturated rings. The first-order valence-electron chi connectivity index (χ1n) is 7.20. The van der Waals surface area contributed by atoms with Gasteiger partial charge >= 0.3 is 5.97 Å². The predicted octanol–water partition coefficient (Wildman–Crippen LogP) is 2.45. The number of aromatic hydroxyl groups is 1. The van der Waals surface area contributed by atoms with Crippen LogP contribution in [0.5, 0.6) is 5.75 Å². The van der Waals surface area contributed by atoms with Gasteiger partial charge in [0.15, 0.2) is 5.75 Å². The fraction of sp³-hybridized carbons (Fsp3) is 0. The van der Waals surface area contributed by atoms with Gasteiger partial charge in [-0.2, -0.15) is 13.4 Å². The standard InChI is InChI=1S/C13H9N5O9S2/c19-10-8(29(23,24)25)4-5-3-6(28-27-26-22)1-2-7(5)9(10)15-17-13-14-11(12(20)21)16-18-13/h1-4,19,22H,(H,20,21)(H,14,16,18)(H,23,24,25). The van der Waals surface area contributed by atoms with Crippen molar-refractivity contribution in [2.75, 3.05) is 0 Å². The van der Waals surface area contributed by atoms with Crippen LogP contribution in [0.1, 0.15) is 10.6 Å². The van der Waals surface area contributed by atoms with Crippen LogP contribution >= 0.6 is 12.0 Å². The van der Waals surface area contributed by atoms with Gasteiger partial charge in [0.1, 0.15) is 10.6 Å². The zero-order valence-electron chi connectivity index (χ0n) is 13.7. The molecule has 0 spiro atoms. The molecule has 152 valence electrons. The zero-order valence-corrected chi connectivity index (χ0v) is 15.4. The van der Waals surface area contributed by atoms with Crippen molar-refractivity contribution >= 4 is 50.5 Å². The van der Waals surface area contributed by atoms with Gasteiger partial charge in [-0.25, -0.2) is 10.1 Å². The number of aromatic nitrogens is 3. The maximum Gasteiger partial charge on any atom is 0.373 e. The molecule has 16 heteroatoms. The second-order valence-corrected chi connectivity index (χ2v) is 7.31. The van der Waals surface area contributed by atoms with E-state index in [9.17, 15) is 22.9 Å². The second-order valence-electron chi connectivity index (χ2n) is 5.15. The number of nitrogens with one attached hydrogen (secondary N) is 1. The molecule has 0 aliphatic heterocycles. The van der Waals surface area contributed by atoms with E-state index < -0.39 is 38.5 Å². The molecule has 0 saturated carbocycles. The maximum absolute atomic E-state index is 11.6. The Morgan fingerprint density at radius 1 is 1.24 bits per heavy atom. The van der Waals surface area contributed by atoms with Gasteiger partial charge in [0.25, 0.3) is 16.1 Å². The molecule has 0 saturated heterocycles. The van der Waals surface area contributed by atoms with Crippen molar-refractivity contribution in [2.45, 2.75) is 9.79 Å². The summed E-state index contributed by atoms with van der Waals surface area (Å²) in [6, 6.07) is 5.26. The van der Waals surface area contributed by atoms with Crippen LogP contribution in [0.15, 0.2) is 44.3 Å². The number of azo groups is 1. The van der Waals surface area contributed by atoms with Crippen LogP contribution in [0.3, 0.4) is 0 Å². The predicted molar refractivity (Wildman–Crippen MR) is 93.6 cm³/mol. The maximum atomic E-state index is 11.6. The number of hydrogen-bond donors (Lipinski definition) is 5. The molecular formula is C13H9N5O9S2. The van der Waals surface area contributed by atoms with Gasteiger partial charge in [0.05, 0.1) is 12.0 Å². The molecular weight excluding hydrogens is 434 g/mol. The van der Waals surface area contributed by atoms with E-state index in [0.717, 1.165) is 6.07 Å². The van der Waals surface area contributed by atoms with E-state index in [1.807, 2.05) is 0 Å². The van der Waals surface area contributed by atoms with Gasteiger partial charge in [-0.05, 0) is 23.6 Å². The Morgan fingerprint density at radius 2 is 2.00 bits per heavy atom. The zero-order chi connectivity index (χ0) is 21.2. The van der Waals surface area contributed by atoms with Gasteiger partial charge in [-0.15, -0.1) is 19.7 Å².